The van der Waals surface area contributed by atoms with Crippen LogP contribution in [0.2, 0.25) is 0 Å². The SMILES string of the molecule is C=CC(=O)N1CCN(c2cc(C(=O)N(C)[C@@H]3CCN(C)C3)nc3c2CCN(c2cccc4cccc(C)c24)C3)CC1. The molecule has 0 N–H and O–H groups in total. The number of rotatable bonds is 5. The van der Waals surface area contributed by atoms with Crippen LogP contribution in [0, 0.1) is 6.92 Å². The van der Waals surface area contributed by atoms with Crippen molar-refractivity contribution in [2.45, 2.75) is 32.4 Å². The van der Waals surface area contributed by atoms with Crippen LogP contribution in [0.5, 0.6) is 0 Å². The molecular weight excluding hydrogens is 512 g/mol. The van der Waals surface area contributed by atoms with Crippen molar-refractivity contribution >= 4 is 34.0 Å². The number of aryl methyl sites for hydroxylation is 1. The van der Waals surface area contributed by atoms with Gasteiger partial charge in [0.1, 0.15) is 5.69 Å². The first kappa shape index (κ1) is 27.3. The average molecular weight is 553 g/mol. The highest BCUT2D eigenvalue weighted by Crippen LogP contribution is 2.36. The van der Waals surface area contributed by atoms with Crippen LogP contribution in [0.1, 0.15) is 33.7 Å². The molecule has 3 aliphatic heterocycles. The van der Waals surface area contributed by atoms with Gasteiger partial charge in [0.05, 0.1) is 12.2 Å². The van der Waals surface area contributed by atoms with E-state index in [2.05, 4.69) is 71.6 Å². The zero-order chi connectivity index (χ0) is 28.7. The molecule has 1 atom stereocenters. The molecule has 1 aromatic heterocycles. The molecule has 2 amide bonds. The van der Waals surface area contributed by atoms with Crippen molar-refractivity contribution in [2.75, 3.05) is 69.7 Å². The second-order valence-electron chi connectivity index (χ2n) is 11.7. The fraction of sp³-hybridized carbons (Fsp3) is 0.424. The summed E-state index contributed by atoms with van der Waals surface area (Å²) in [6, 6.07) is 15.2. The van der Waals surface area contributed by atoms with Gasteiger partial charge in [0.25, 0.3) is 5.91 Å². The van der Waals surface area contributed by atoms with Crippen molar-refractivity contribution in [1.82, 2.24) is 19.7 Å². The molecule has 214 valence electrons. The van der Waals surface area contributed by atoms with E-state index in [4.69, 9.17) is 4.98 Å². The minimum atomic E-state index is -0.0264. The van der Waals surface area contributed by atoms with Crippen molar-refractivity contribution in [2.24, 2.45) is 0 Å². The van der Waals surface area contributed by atoms with Crippen LogP contribution < -0.4 is 9.80 Å². The number of carbonyl (C=O) groups excluding carboxylic acids is 2. The first-order chi connectivity index (χ1) is 19.8. The molecule has 0 unspecified atom stereocenters. The van der Waals surface area contributed by atoms with Crippen LogP contribution in [0.3, 0.4) is 0 Å². The number of aromatic nitrogens is 1. The fourth-order valence-corrected chi connectivity index (χ4v) is 6.76. The molecule has 0 bridgehead atoms. The van der Waals surface area contributed by atoms with Crippen LogP contribution in [-0.4, -0.2) is 97.4 Å². The van der Waals surface area contributed by atoms with Gasteiger partial charge in [-0.1, -0.05) is 36.9 Å². The molecule has 41 heavy (non-hydrogen) atoms. The van der Waals surface area contributed by atoms with Crippen molar-refractivity contribution in [3.63, 3.8) is 0 Å². The largest absolute Gasteiger partial charge is 0.368 e. The van der Waals surface area contributed by atoms with Gasteiger partial charge < -0.3 is 24.5 Å². The number of hydrogen-bond acceptors (Lipinski definition) is 6. The van der Waals surface area contributed by atoms with Crippen molar-refractivity contribution in [3.05, 3.63) is 77.6 Å². The van der Waals surface area contributed by atoms with Gasteiger partial charge in [-0.05, 0) is 62.5 Å². The Hall–Kier alpha value is -3.91. The van der Waals surface area contributed by atoms with E-state index in [1.807, 2.05) is 22.9 Å². The van der Waals surface area contributed by atoms with Crippen LogP contribution >= 0.6 is 0 Å². The Balaban J connectivity index is 1.36. The number of anilines is 2. The quantitative estimate of drug-likeness (QED) is 0.450. The maximum Gasteiger partial charge on any atom is 0.272 e. The molecule has 0 saturated carbocycles. The third-order valence-corrected chi connectivity index (χ3v) is 9.15. The highest BCUT2D eigenvalue weighted by Gasteiger charge is 2.32. The molecular formula is C33H40N6O2. The lowest BCUT2D eigenvalue weighted by atomic mass is 9.97. The van der Waals surface area contributed by atoms with E-state index in [9.17, 15) is 9.59 Å². The molecule has 3 aliphatic rings. The van der Waals surface area contributed by atoms with Crippen LogP contribution in [0.15, 0.2) is 55.1 Å². The third kappa shape index (κ3) is 5.17. The summed E-state index contributed by atoms with van der Waals surface area (Å²) in [5.41, 5.74) is 6.28. The second kappa shape index (κ2) is 11.2. The van der Waals surface area contributed by atoms with E-state index in [-0.39, 0.29) is 17.9 Å². The number of benzene rings is 2. The van der Waals surface area contributed by atoms with E-state index in [0.717, 1.165) is 56.9 Å². The topological polar surface area (TPSA) is 63.2 Å². The summed E-state index contributed by atoms with van der Waals surface area (Å²) < 4.78 is 0. The monoisotopic (exact) mass is 552 g/mol. The molecule has 4 heterocycles. The Morgan fingerprint density at radius 3 is 2.46 bits per heavy atom. The predicted molar refractivity (Wildman–Crippen MR) is 165 cm³/mol. The van der Waals surface area contributed by atoms with Crippen molar-refractivity contribution < 1.29 is 9.59 Å². The number of amides is 2. The van der Waals surface area contributed by atoms with E-state index in [0.29, 0.717) is 25.3 Å². The number of nitrogens with zero attached hydrogens (tertiary/aromatic N) is 6. The molecule has 8 nitrogen and oxygen atoms in total. The van der Waals surface area contributed by atoms with Gasteiger partial charge >= 0.3 is 0 Å². The maximum atomic E-state index is 13.9. The summed E-state index contributed by atoms with van der Waals surface area (Å²) in [5, 5.41) is 2.51. The number of likely N-dealkylation sites (tertiary alicyclic amines) is 1. The molecule has 0 radical (unpaired) electrons. The van der Waals surface area contributed by atoms with E-state index >= 15 is 0 Å². The van der Waals surface area contributed by atoms with Gasteiger partial charge in [0, 0.05) is 74.7 Å². The van der Waals surface area contributed by atoms with Crippen molar-refractivity contribution in [1.29, 1.82) is 0 Å². The lowest BCUT2D eigenvalue weighted by Crippen LogP contribution is -2.49. The smallest absolute Gasteiger partial charge is 0.272 e. The first-order valence-electron chi connectivity index (χ1n) is 14.7. The summed E-state index contributed by atoms with van der Waals surface area (Å²) in [6.07, 6.45) is 3.22. The average Bonchev–Trinajstić information content (AvgIpc) is 3.45. The number of piperazine rings is 1. The fourth-order valence-electron chi connectivity index (χ4n) is 6.76. The molecule has 0 aliphatic carbocycles. The van der Waals surface area contributed by atoms with Crippen LogP contribution in [0.25, 0.3) is 10.8 Å². The molecule has 6 rings (SSSR count). The van der Waals surface area contributed by atoms with E-state index < -0.39 is 0 Å². The second-order valence-corrected chi connectivity index (χ2v) is 11.7. The number of pyridine rings is 1. The highest BCUT2D eigenvalue weighted by molar-refractivity contribution is 5.97. The summed E-state index contributed by atoms with van der Waals surface area (Å²) >= 11 is 0. The molecule has 2 saturated heterocycles. The van der Waals surface area contributed by atoms with Gasteiger partial charge in [-0.15, -0.1) is 0 Å². The van der Waals surface area contributed by atoms with Gasteiger partial charge in [-0.2, -0.15) is 0 Å². The zero-order valence-corrected chi connectivity index (χ0v) is 24.5. The Morgan fingerprint density at radius 1 is 1.00 bits per heavy atom. The first-order valence-corrected chi connectivity index (χ1v) is 14.7. The van der Waals surface area contributed by atoms with Crippen LogP contribution in [0.4, 0.5) is 11.4 Å². The number of likely N-dealkylation sites (N-methyl/N-ethyl adjacent to an activating group) is 2. The molecule has 3 aromatic rings. The van der Waals surface area contributed by atoms with E-state index in [1.165, 1.54) is 33.7 Å². The minimum absolute atomic E-state index is 0.0204. The van der Waals surface area contributed by atoms with E-state index in [1.54, 1.807) is 0 Å². The van der Waals surface area contributed by atoms with Crippen molar-refractivity contribution in [3.8, 4) is 0 Å². The van der Waals surface area contributed by atoms with Gasteiger partial charge in [0.15, 0.2) is 0 Å². The standard InChI is InChI=1S/C33H40N6O2/c1-5-31(40)38-18-16-37(17-19-38)30-20-27(33(41)36(4)25-12-14-35(3)21-25)34-28-22-39(15-13-26(28)30)29-11-7-10-24-9-6-8-23(2)32(24)29/h5-11,20,25H,1,12-19,21-22H2,2-4H3/t25-/m1/s1. The number of hydrogen-bond donors (Lipinski definition) is 0. The summed E-state index contributed by atoms with van der Waals surface area (Å²) in [7, 11) is 4.02. The molecule has 2 fully saturated rings. The summed E-state index contributed by atoms with van der Waals surface area (Å²) in [5.74, 6) is -0.0468. The Morgan fingerprint density at radius 2 is 1.76 bits per heavy atom. The van der Waals surface area contributed by atoms with Gasteiger partial charge in [0.2, 0.25) is 5.91 Å². The minimum Gasteiger partial charge on any atom is -0.368 e. The predicted octanol–water partition coefficient (Wildman–Crippen LogP) is 3.72. The zero-order valence-electron chi connectivity index (χ0n) is 24.5. The Kier molecular flexibility index (Phi) is 7.43. The molecule has 2 aromatic carbocycles. The Bertz CT molecular complexity index is 1490. The third-order valence-electron chi connectivity index (χ3n) is 9.15. The lowest BCUT2D eigenvalue weighted by molar-refractivity contribution is -0.126. The normalized spacial score (nSPS) is 19.4. The molecule has 8 heteroatoms. The summed E-state index contributed by atoms with van der Waals surface area (Å²) in [4.78, 5) is 41.9. The summed E-state index contributed by atoms with van der Waals surface area (Å²) in [6.45, 7) is 12.0. The van der Waals surface area contributed by atoms with Gasteiger partial charge in [-0.25, -0.2) is 4.98 Å². The maximum absolute atomic E-state index is 13.9. The Labute approximate surface area is 242 Å². The number of fused-ring (bicyclic) bond motifs is 2. The van der Waals surface area contributed by atoms with Crippen LogP contribution in [-0.2, 0) is 17.8 Å². The highest BCUT2D eigenvalue weighted by atomic mass is 16.2. The van der Waals surface area contributed by atoms with Gasteiger partial charge in [-0.3, -0.25) is 9.59 Å². The number of carbonyl (C=O) groups is 2. The lowest BCUT2D eigenvalue weighted by Gasteiger charge is -2.39. The molecule has 0 spiro atoms.